The maximum absolute atomic E-state index is 14.7. The van der Waals surface area contributed by atoms with Gasteiger partial charge in [0.05, 0.1) is 10.9 Å². The summed E-state index contributed by atoms with van der Waals surface area (Å²) < 4.78 is 16.8. The molecule has 0 bridgehead atoms. The molecule has 0 radical (unpaired) electrons. The third-order valence-electron chi connectivity index (χ3n) is 4.95. The molecule has 0 fully saturated rings. The Hall–Kier alpha value is -3.00. The van der Waals surface area contributed by atoms with Crippen LogP contribution in [0, 0.1) is 19.7 Å². The first-order valence-corrected chi connectivity index (χ1v) is 8.79. The average molecular weight is 342 g/mol. The van der Waals surface area contributed by atoms with Crippen LogP contribution in [0.3, 0.4) is 0 Å². The molecule has 0 amide bonds. The fraction of sp³-hybridized carbons (Fsp3) is 0.125. The molecule has 0 atom stereocenters. The minimum atomic E-state index is -0.184. The first kappa shape index (κ1) is 16.5. The average Bonchev–Trinajstić information content (AvgIpc) is 2.63. The molecular weight excluding hydrogens is 321 g/mol. The Morgan fingerprint density at radius 1 is 0.808 bits per heavy atom. The molecule has 0 saturated carbocycles. The fourth-order valence-corrected chi connectivity index (χ4v) is 3.59. The number of rotatable bonds is 2. The predicted octanol–water partition coefficient (Wildman–Crippen LogP) is 5.75. The molecule has 3 aromatic carbocycles. The van der Waals surface area contributed by atoms with Crippen LogP contribution in [0.4, 0.5) is 4.39 Å². The third-order valence-corrected chi connectivity index (χ3v) is 4.95. The summed E-state index contributed by atoms with van der Waals surface area (Å²) in [5.74, 6) is -0.184. The van der Waals surface area contributed by atoms with Gasteiger partial charge in [0, 0.05) is 11.6 Å². The van der Waals surface area contributed by atoms with Gasteiger partial charge in [-0.15, -0.1) is 0 Å². The summed E-state index contributed by atoms with van der Waals surface area (Å²) in [5.41, 5.74) is 5.86. The summed E-state index contributed by atoms with van der Waals surface area (Å²) in [5, 5.41) is 2.37. The molecular formula is C24H21FN+. The van der Waals surface area contributed by atoms with Crippen LogP contribution in [0.1, 0.15) is 11.1 Å². The summed E-state index contributed by atoms with van der Waals surface area (Å²) >= 11 is 0. The van der Waals surface area contributed by atoms with Gasteiger partial charge in [-0.25, -0.2) is 8.96 Å². The van der Waals surface area contributed by atoms with Crippen LogP contribution in [0.25, 0.3) is 33.2 Å². The molecule has 4 rings (SSSR count). The molecule has 0 aliphatic heterocycles. The van der Waals surface area contributed by atoms with Gasteiger partial charge in [-0.05, 0) is 48.6 Å². The van der Waals surface area contributed by atoms with E-state index in [0.29, 0.717) is 5.56 Å². The standard InChI is InChI=1S/C24H21FN/c1-16-9-10-20-19(13-16)11-12-26(3)24(20)21-15-22(23(25)14-17(21)2)18-7-5-4-6-8-18/h4-15H,1-3H3/q+1. The van der Waals surface area contributed by atoms with E-state index < -0.39 is 0 Å². The topological polar surface area (TPSA) is 3.88 Å². The Morgan fingerprint density at radius 2 is 1.58 bits per heavy atom. The fourth-order valence-electron chi connectivity index (χ4n) is 3.59. The van der Waals surface area contributed by atoms with Crippen molar-refractivity contribution in [2.75, 3.05) is 0 Å². The Bertz CT molecular complexity index is 1110. The van der Waals surface area contributed by atoms with Crippen molar-refractivity contribution in [3.63, 3.8) is 0 Å². The van der Waals surface area contributed by atoms with Crippen LogP contribution >= 0.6 is 0 Å². The van der Waals surface area contributed by atoms with Crippen molar-refractivity contribution in [3.8, 4) is 22.4 Å². The minimum absolute atomic E-state index is 0.184. The lowest BCUT2D eigenvalue weighted by atomic mass is 9.94. The van der Waals surface area contributed by atoms with E-state index in [9.17, 15) is 4.39 Å². The molecule has 0 aliphatic rings. The van der Waals surface area contributed by atoms with Crippen LogP contribution in [0.5, 0.6) is 0 Å². The van der Waals surface area contributed by atoms with E-state index in [4.69, 9.17) is 0 Å². The molecule has 26 heavy (non-hydrogen) atoms. The zero-order chi connectivity index (χ0) is 18.3. The molecule has 0 saturated heterocycles. The molecule has 4 aromatic rings. The van der Waals surface area contributed by atoms with Crippen molar-refractivity contribution < 1.29 is 8.96 Å². The predicted molar refractivity (Wildman–Crippen MR) is 105 cm³/mol. The highest BCUT2D eigenvalue weighted by molar-refractivity contribution is 5.94. The molecule has 0 aliphatic carbocycles. The van der Waals surface area contributed by atoms with E-state index in [0.717, 1.165) is 22.4 Å². The maximum Gasteiger partial charge on any atom is 0.220 e. The summed E-state index contributed by atoms with van der Waals surface area (Å²) in [6.07, 6.45) is 2.07. The Morgan fingerprint density at radius 3 is 2.35 bits per heavy atom. The molecule has 1 aromatic heterocycles. The van der Waals surface area contributed by atoms with Gasteiger partial charge in [-0.2, -0.15) is 0 Å². The Kier molecular flexibility index (Phi) is 4.04. The van der Waals surface area contributed by atoms with E-state index in [-0.39, 0.29) is 5.82 Å². The second-order valence-electron chi connectivity index (χ2n) is 6.88. The second-order valence-corrected chi connectivity index (χ2v) is 6.88. The van der Waals surface area contributed by atoms with Gasteiger partial charge >= 0.3 is 0 Å². The second kappa shape index (κ2) is 6.38. The number of aromatic nitrogens is 1. The van der Waals surface area contributed by atoms with Crippen molar-refractivity contribution in [1.82, 2.24) is 0 Å². The van der Waals surface area contributed by atoms with Crippen LogP contribution in [0.15, 0.2) is 72.9 Å². The number of benzene rings is 3. The van der Waals surface area contributed by atoms with Gasteiger partial charge in [0.25, 0.3) is 0 Å². The number of aryl methyl sites for hydroxylation is 3. The Labute approximate surface area is 153 Å². The Balaban J connectivity index is 2.03. The third kappa shape index (κ3) is 2.78. The largest absolute Gasteiger partial charge is 0.220 e. The van der Waals surface area contributed by atoms with Crippen molar-refractivity contribution >= 4 is 10.8 Å². The number of hydrogen-bond donors (Lipinski definition) is 0. The van der Waals surface area contributed by atoms with E-state index in [2.05, 4.69) is 42.0 Å². The van der Waals surface area contributed by atoms with Gasteiger partial charge in [-0.3, -0.25) is 0 Å². The van der Waals surface area contributed by atoms with Gasteiger partial charge in [-0.1, -0.05) is 48.0 Å². The van der Waals surface area contributed by atoms with Crippen LogP contribution < -0.4 is 4.57 Å². The van der Waals surface area contributed by atoms with Crippen LogP contribution in [-0.4, -0.2) is 0 Å². The SMILES string of the molecule is Cc1ccc2c(-c3cc(-c4ccccc4)c(F)cc3C)[n+](C)ccc2c1. The highest BCUT2D eigenvalue weighted by Crippen LogP contribution is 2.33. The highest BCUT2D eigenvalue weighted by atomic mass is 19.1. The van der Waals surface area contributed by atoms with Gasteiger partial charge < -0.3 is 0 Å². The van der Waals surface area contributed by atoms with E-state index >= 15 is 0 Å². The van der Waals surface area contributed by atoms with E-state index in [1.807, 2.05) is 50.4 Å². The van der Waals surface area contributed by atoms with Crippen LogP contribution in [0.2, 0.25) is 0 Å². The summed E-state index contributed by atoms with van der Waals surface area (Å²) in [7, 11) is 2.04. The summed E-state index contributed by atoms with van der Waals surface area (Å²) in [4.78, 5) is 0. The molecule has 0 N–H and O–H groups in total. The lowest BCUT2D eigenvalue weighted by Crippen LogP contribution is -2.30. The molecule has 0 spiro atoms. The number of halogens is 1. The number of nitrogens with zero attached hydrogens (tertiary/aromatic N) is 1. The molecule has 128 valence electrons. The summed E-state index contributed by atoms with van der Waals surface area (Å²) in [6.45, 7) is 4.07. The van der Waals surface area contributed by atoms with E-state index in [1.165, 1.54) is 16.3 Å². The molecule has 1 heterocycles. The van der Waals surface area contributed by atoms with Crippen LogP contribution in [-0.2, 0) is 7.05 Å². The van der Waals surface area contributed by atoms with Crippen molar-refractivity contribution in [3.05, 3.63) is 89.9 Å². The summed E-state index contributed by atoms with van der Waals surface area (Å²) in [6, 6.07) is 22.0. The lowest BCUT2D eigenvalue weighted by molar-refractivity contribution is -0.659. The molecule has 1 nitrogen and oxygen atoms in total. The number of fused-ring (bicyclic) bond motifs is 1. The van der Waals surface area contributed by atoms with Gasteiger partial charge in [0.15, 0.2) is 6.20 Å². The monoisotopic (exact) mass is 342 g/mol. The number of pyridine rings is 1. The molecule has 0 unspecified atom stereocenters. The smallest absolute Gasteiger partial charge is 0.206 e. The minimum Gasteiger partial charge on any atom is -0.206 e. The van der Waals surface area contributed by atoms with Crippen molar-refractivity contribution in [1.29, 1.82) is 0 Å². The van der Waals surface area contributed by atoms with Crippen molar-refractivity contribution in [2.24, 2.45) is 7.05 Å². The zero-order valence-corrected chi connectivity index (χ0v) is 15.3. The quantitative estimate of drug-likeness (QED) is 0.408. The van der Waals surface area contributed by atoms with Crippen molar-refractivity contribution in [2.45, 2.75) is 13.8 Å². The zero-order valence-electron chi connectivity index (χ0n) is 15.3. The maximum atomic E-state index is 14.7. The van der Waals surface area contributed by atoms with E-state index in [1.54, 1.807) is 6.07 Å². The number of hydrogen-bond acceptors (Lipinski definition) is 0. The van der Waals surface area contributed by atoms with Gasteiger partial charge in [0.2, 0.25) is 5.69 Å². The highest BCUT2D eigenvalue weighted by Gasteiger charge is 2.19. The normalized spacial score (nSPS) is 11.1. The van der Waals surface area contributed by atoms with Gasteiger partial charge in [0.1, 0.15) is 12.9 Å². The lowest BCUT2D eigenvalue weighted by Gasteiger charge is -2.12. The first-order chi connectivity index (χ1) is 12.5. The molecule has 2 heteroatoms. The first-order valence-electron chi connectivity index (χ1n) is 8.79.